The second kappa shape index (κ2) is 8.10. The number of anilines is 1. The highest BCUT2D eigenvalue weighted by molar-refractivity contribution is 5.92. The lowest BCUT2D eigenvalue weighted by Gasteiger charge is -2.31. The monoisotopic (exact) mass is 409 g/mol. The summed E-state index contributed by atoms with van der Waals surface area (Å²) in [4.78, 5) is 39.3. The topological polar surface area (TPSA) is 110 Å². The fraction of sp³-hybridized carbons (Fsp3) is 0.381. The second-order valence-electron chi connectivity index (χ2n) is 7.56. The summed E-state index contributed by atoms with van der Waals surface area (Å²) in [6, 6.07) is 8.85. The molecule has 3 heterocycles. The Kier molecular flexibility index (Phi) is 5.35. The van der Waals surface area contributed by atoms with Crippen LogP contribution in [0.5, 0.6) is 0 Å². The van der Waals surface area contributed by atoms with Gasteiger partial charge in [0.1, 0.15) is 5.76 Å². The summed E-state index contributed by atoms with van der Waals surface area (Å²) in [7, 11) is 1.59. The number of fused-ring (bicyclic) bond motifs is 1. The molecule has 0 spiro atoms. The minimum atomic E-state index is -0.184. The van der Waals surface area contributed by atoms with Gasteiger partial charge in [0.05, 0.1) is 17.5 Å². The first-order valence-corrected chi connectivity index (χ1v) is 9.89. The Morgan fingerprint density at radius 2 is 1.90 bits per heavy atom. The van der Waals surface area contributed by atoms with Crippen molar-refractivity contribution in [1.82, 2.24) is 19.8 Å². The summed E-state index contributed by atoms with van der Waals surface area (Å²) >= 11 is 0. The first-order chi connectivity index (χ1) is 14.4. The molecule has 1 aromatic carbocycles. The number of hydrogen-bond acceptors (Lipinski definition) is 6. The lowest BCUT2D eigenvalue weighted by molar-refractivity contribution is -0.133. The van der Waals surface area contributed by atoms with E-state index in [0.717, 1.165) is 0 Å². The maximum absolute atomic E-state index is 12.9. The number of nitrogens with zero attached hydrogens (tertiary/aromatic N) is 4. The minimum absolute atomic E-state index is 0.0581. The molecule has 1 saturated heterocycles. The molecule has 0 aliphatic carbocycles. The van der Waals surface area contributed by atoms with Gasteiger partial charge in [-0.15, -0.1) is 0 Å². The molecule has 0 atom stereocenters. The number of likely N-dealkylation sites (tertiary alicyclic amines) is 1. The van der Waals surface area contributed by atoms with Gasteiger partial charge in [-0.1, -0.05) is 23.4 Å². The zero-order valence-corrected chi connectivity index (χ0v) is 16.9. The number of benzene rings is 1. The third-order valence-corrected chi connectivity index (χ3v) is 5.45. The number of nitrogens with one attached hydrogen (secondary N) is 1. The van der Waals surface area contributed by atoms with E-state index in [-0.39, 0.29) is 29.7 Å². The summed E-state index contributed by atoms with van der Waals surface area (Å²) < 4.78 is 6.23. The molecule has 0 saturated carbocycles. The fourth-order valence-corrected chi connectivity index (χ4v) is 3.81. The smallest absolute Gasteiger partial charge is 0.274 e. The van der Waals surface area contributed by atoms with Crippen LogP contribution < -0.4 is 10.9 Å². The van der Waals surface area contributed by atoms with Crippen molar-refractivity contribution < 1.29 is 14.1 Å². The number of amides is 2. The van der Waals surface area contributed by atoms with Crippen molar-refractivity contribution in [2.45, 2.75) is 26.2 Å². The highest BCUT2D eigenvalue weighted by Gasteiger charge is 2.28. The van der Waals surface area contributed by atoms with E-state index in [2.05, 4.69) is 15.6 Å². The standard InChI is InChI=1S/C21H23N5O4/c1-13-11-18(24-30-13)22-20(28)14-7-9-26(10-8-14)19(27)12-17-15-5-3-4-6-16(15)21(29)25(2)23-17/h3-6,11,14H,7-10,12H2,1-2H3,(H,22,24,28). The van der Waals surface area contributed by atoms with E-state index in [9.17, 15) is 14.4 Å². The molecule has 30 heavy (non-hydrogen) atoms. The average Bonchev–Trinajstić information content (AvgIpc) is 3.16. The zero-order valence-electron chi connectivity index (χ0n) is 16.9. The molecule has 1 aliphatic rings. The molecule has 156 valence electrons. The van der Waals surface area contributed by atoms with Gasteiger partial charge >= 0.3 is 0 Å². The van der Waals surface area contributed by atoms with E-state index < -0.39 is 0 Å². The van der Waals surface area contributed by atoms with Crippen LogP contribution in [0.1, 0.15) is 24.3 Å². The predicted molar refractivity (Wildman–Crippen MR) is 110 cm³/mol. The number of rotatable bonds is 4. The van der Waals surface area contributed by atoms with Crippen molar-refractivity contribution in [3.8, 4) is 0 Å². The van der Waals surface area contributed by atoms with E-state index in [1.54, 1.807) is 37.1 Å². The molecule has 1 aliphatic heterocycles. The van der Waals surface area contributed by atoms with Crippen molar-refractivity contribution in [2.75, 3.05) is 18.4 Å². The Bertz CT molecular complexity index is 1160. The number of aromatic nitrogens is 3. The maximum atomic E-state index is 12.9. The van der Waals surface area contributed by atoms with Crippen LogP contribution in [0.15, 0.2) is 39.6 Å². The first kappa shape index (κ1) is 19.8. The lowest BCUT2D eigenvalue weighted by Crippen LogP contribution is -2.42. The van der Waals surface area contributed by atoms with Crippen LogP contribution in [0.3, 0.4) is 0 Å². The van der Waals surface area contributed by atoms with E-state index in [0.29, 0.717) is 54.0 Å². The Balaban J connectivity index is 1.39. The van der Waals surface area contributed by atoms with E-state index in [4.69, 9.17) is 4.52 Å². The van der Waals surface area contributed by atoms with Gasteiger partial charge in [-0.2, -0.15) is 5.10 Å². The van der Waals surface area contributed by atoms with Gasteiger partial charge in [0.15, 0.2) is 5.82 Å². The van der Waals surface area contributed by atoms with Gasteiger partial charge < -0.3 is 14.7 Å². The zero-order chi connectivity index (χ0) is 21.3. The van der Waals surface area contributed by atoms with Crippen molar-refractivity contribution in [3.05, 3.63) is 52.1 Å². The SMILES string of the molecule is Cc1cc(NC(=O)C2CCN(C(=O)Cc3nn(C)c(=O)c4ccccc34)CC2)no1. The summed E-state index contributed by atoms with van der Waals surface area (Å²) in [5.74, 6) is 0.690. The van der Waals surface area contributed by atoms with Crippen molar-refractivity contribution in [1.29, 1.82) is 0 Å². The Labute approximate surface area is 172 Å². The molecule has 0 bridgehead atoms. The van der Waals surface area contributed by atoms with Crippen LogP contribution in [-0.2, 0) is 23.1 Å². The van der Waals surface area contributed by atoms with Crippen LogP contribution in [0.4, 0.5) is 5.82 Å². The molecule has 0 radical (unpaired) electrons. The van der Waals surface area contributed by atoms with Gasteiger partial charge in [0, 0.05) is 37.5 Å². The molecular formula is C21H23N5O4. The molecule has 9 nitrogen and oxygen atoms in total. The number of aryl methyl sites for hydroxylation is 2. The van der Waals surface area contributed by atoms with E-state index >= 15 is 0 Å². The second-order valence-corrected chi connectivity index (χ2v) is 7.56. The summed E-state index contributed by atoms with van der Waals surface area (Å²) in [6.07, 6.45) is 1.27. The molecule has 2 amide bonds. The fourth-order valence-electron chi connectivity index (χ4n) is 3.81. The molecule has 2 aromatic heterocycles. The Morgan fingerprint density at radius 1 is 1.20 bits per heavy atom. The van der Waals surface area contributed by atoms with Crippen LogP contribution >= 0.6 is 0 Å². The molecule has 0 unspecified atom stereocenters. The van der Waals surface area contributed by atoms with Crippen LogP contribution in [0.25, 0.3) is 10.8 Å². The van der Waals surface area contributed by atoms with Crippen molar-refractivity contribution >= 4 is 28.4 Å². The predicted octanol–water partition coefficient (Wildman–Crippen LogP) is 1.65. The van der Waals surface area contributed by atoms with Gasteiger partial charge in [0.25, 0.3) is 5.56 Å². The normalized spacial score (nSPS) is 14.8. The van der Waals surface area contributed by atoms with Gasteiger partial charge in [-0.05, 0) is 25.8 Å². The van der Waals surface area contributed by atoms with Gasteiger partial charge in [0.2, 0.25) is 11.8 Å². The van der Waals surface area contributed by atoms with Crippen molar-refractivity contribution in [3.63, 3.8) is 0 Å². The lowest BCUT2D eigenvalue weighted by atomic mass is 9.95. The molecule has 9 heteroatoms. The first-order valence-electron chi connectivity index (χ1n) is 9.89. The Hall–Kier alpha value is -3.49. The highest BCUT2D eigenvalue weighted by atomic mass is 16.5. The number of carbonyl (C=O) groups excluding carboxylic acids is 2. The third-order valence-electron chi connectivity index (χ3n) is 5.45. The summed E-state index contributed by atoms with van der Waals surface area (Å²) in [5.41, 5.74) is 0.398. The van der Waals surface area contributed by atoms with Crippen LogP contribution in [0.2, 0.25) is 0 Å². The Morgan fingerprint density at radius 3 is 2.57 bits per heavy atom. The molecule has 1 N–H and O–H groups in total. The quantitative estimate of drug-likeness (QED) is 0.702. The molecule has 3 aromatic rings. The van der Waals surface area contributed by atoms with Crippen molar-refractivity contribution in [2.24, 2.45) is 13.0 Å². The number of hydrogen-bond donors (Lipinski definition) is 1. The average molecular weight is 409 g/mol. The molecule has 4 rings (SSSR count). The van der Waals surface area contributed by atoms with E-state index in [1.165, 1.54) is 4.68 Å². The summed E-state index contributed by atoms with van der Waals surface area (Å²) in [5, 5.41) is 12.1. The largest absolute Gasteiger partial charge is 0.360 e. The minimum Gasteiger partial charge on any atom is -0.360 e. The molecule has 1 fully saturated rings. The maximum Gasteiger partial charge on any atom is 0.274 e. The summed E-state index contributed by atoms with van der Waals surface area (Å²) in [6.45, 7) is 2.76. The van der Waals surface area contributed by atoms with Gasteiger partial charge in [-0.3, -0.25) is 14.4 Å². The van der Waals surface area contributed by atoms with Crippen LogP contribution in [0, 0.1) is 12.8 Å². The molecular weight excluding hydrogens is 386 g/mol. The third kappa shape index (κ3) is 3.96. The van der Waals surface area contributed by atoms with Gasteiger partial charge in [-0.25, -0.2) is 4.68 Å². The number of piperidine rings is 1. The highest BCUT2D eigenvalue weighted by Crippen LogP contribution is 2.21. The van der Waals surface area contributed by atoms with Crippen LogP contribution in [-0.4, -0.2) is 44.7 Å². The van der Waals surface area contributed by atoms with E-state index in [1.807, 2.05) is 12.1 Å². The number of carbonyl (C=O) groups is 2.